The number of carbonyl (C=O) groups excluding carboxylic acids is 2. The van der Waals surface area contributed by atoms with E-state index in [4.69, 9.17) is 0 Å². The number of methoxy groups -OCH3 is 1. The maximum absolute atomic E-state index is 11.8. The molecule has 1 fully saturated rings. The van der Waals surface area contributed by atoms with Gasteiger partial charge in [-0.3, -0.25) is 9.59 Å². The summed E-state index contributed by atoms with van der Waals surface area (Å²) in [6, 6.07) is 7.13. The Hall–Kier alpha value is -2.24. The van der Waals surface area contributed by atoms with Gasteiger partial charge in [-0.1, -0.05) is 12.1 Å². The Kier molecular flexibility index (Phi) is 4.45. The van der Waals surface area contributed by atoms with Crippen molar-refractivity contribution in [1.29, 1.82) is 0 Å². The number of aromatic hydroxyl groups is 1. The van der Waals surface area contributed by atoms with Crippen molar-refractivity contribution in [2.45, 2.75) is 6.42 Å². The molecule has 0 spiro atoms. The van der Waals surface area contributed by atoms with Crippen molar-refractivity contribution in [1.82, 2.24) is 4.90 Å². The number of benzene rings is 1. The lowest BCUT2D eigenvalue weighted by molar-refractivity contribution is -0.146. The smallest absolute Gasteiger partial charge is 0.315 e. The van der Waals surface area contributed by atoms with E-state index in [1.54, 1.807) is 17.0 Å². The average molecular weight is 278 g/mol. The van der Waals surface area contributed by atoms with E-state index in [-0.39, 0.29) is 18.1 Å². The van der Waals surface area contributed by atoms with Gasteiger partial charge in [0.25, 0.3) is 0 Å². The summed E-state index contributed by atoms with van der Waals surface area (Å²) in [6.07, 6.45) is -0.215. The molecule has 1 saturated heterocycles. The van der Waals surface area contributed by atoms with Crippen LogP contribution in [0.15, 0.2) is 24.3 Å². The second-order valence-electron chi connectivity index (χ2n) is 4.61. The lowest BCUT2D eigenvalue weighted by atomic mass is 10.2. The summed E-state index contributed by atoms with van der Waals surface area (Å²) in [5.41, 5.74) is 0.771. The molecule has 1 aliphatic rings. The van der Waals surface area contributed by atoms with Crippen molar-refractivity contribution in [3.63, 3.8) is 0 Å². The molecule has 108 valence electrons. The van der Waals surface area contributed by atoms with Gasteiger partial charge in [0, 0.05) is 26.2 Å². The first-order valence-electron chi connectivity index (χ1n) is 6.49. The van der Waals surface area contributed by atoms with Gasteiger partial charge in [0.15, 0.2) is 0 Å². The first-order chi connectivity index (χ1) is 9.61. The van der Waals surface area contributed by atoms with Crippen molar-refractivity contribution in [3.8, 4) is 5.75 Å². The molecule has 1 aromatic carbocycles. The van der Waals surface area contributed by atoms with Crippen LogP contribution in [0.3, 0.4) is 0 Å². The lowest BCUT2D eigenvalue weighted by Crippen LogP contribution is -2.49. The van der Waals surface area contributed by atoms with Gasteiger partial charge < -0.3 is 19.6 Å². The van der Waals surface area contributed by atoms with Crippen LogP contribution in [-0.2, 0) is 14.3 Å². The summed E-state index contributed by atoms with van der Waals surface area (Å²) >= 11 is 0. The summed E-state index contributed by atoms with van der Waals surface area (Å²) in [4.78, 5) is 26.6. The summed E-state index contributed by atoms with van der Waals surface area (Å²) in [7, 11) is 1.27. The van der Waals surface area contributed by atoms with Gasteiger partial charge in [-0.15, -0.1) is 0 Å². The van der Waals surface area contributed by atoms with Crippen LogP contribution < -0.4 is 4.90 Å². The second kappa shape index (κ2) is 6.27. The Morgan fingerprint density at radius 3 is 2.45 bits per heavy atom. The minimum absolute atomic E-state index is 0.214. The SMILES string of the molecule is COC(=O)CC(=O)N1CCN(c2ccccc2O)CC1. The molecule has 20 heavy (non-hydrogen) atoms. The van der Waals surface area contributed by atoms with E-state index >= 15 is 0 Å². The molecular weight excluding hydrogens is 260 g/mol. The molecule has 1 aromatic rings. The predicted octanol–water partition coefficient (Wildman–Crippen LogP) is 0.604. The first kappa shape index (κ1) is 14.2. The minimum atomic E-state index is -0.516. The standard InChI is InChI=1S/C14H18N2O4/c1-20-14(19)10-13(18)16-8-6-15(7-9-16)11-4-2-3-5-12(11)17/h2-5,17H,6-10H2,1H3. The molecule has 2 rings (SSSR count). The van der Waals surface area contributed by atoms with Crippen LogP contribution in [0.5, 0.6) is 5.75 Å². The largest absolute Gasteiger partial charge is 0.506 e. The number of ether oxygens (including phenoxy) is 1. The average Bonchev–Trinajstić information content (AvgIpc) is 2.47. The fourth-order valence-electron chi connectivity index (χ4n) is 2.24. The summed E-state index contributed by atoms with van der Waals surface area (Å²) < 4.78 is 4.49. The molecule has 1 heterocycles. The molecule has 6 nitrogen and oxygen atoms in total. The molecule has 1 aliphatic heterocycles. The highest BCUT2D eigenvalue weighted by atomic mass is 16.5. The maximum atomic E-state index is 11.8. The normalized spacial score (nSPS) is 15.1. The molecule has 0 aromatic heterocycles. The lowest BCUT2D eigenvalue weighted by Gasteiger charge is -2.36. The van der Waals surface area contributed by atoms with Crippen LogP contribution in [0, 0.1) is 0 Å². The van der Waals surface area contributed by atoms with Gasteiger partial charge in [0.05, 0.1) is 12.8 Å². The molecule has 1 N–H and O–H groups in total. The van der Waals surface area contributed by atoms with E-state index in [1.165, 1.54) is 7.11 Å². The second-order valence-corrected chi connectivity index (χ2v) is 4.61. The van der Waals surface area contributed by atoms with Gasteiger partial charge in [0.1, 0.15) is 12.2 Å². The Bertz CT molecular complexity index is 496. The van der Waals surface area contributed by atoms with Crippen molar-refractivity contribution in [3.05, 3.63) is 24.3 Å². The third-order valence-corrected chi connectivity index (χ3v) is 3.38. The van der Waals surface area contributed by atoms with Crippen LogP contribution in [0.1, 0.15) is 6.42 Å². The number of piperazine rings is 1. The highest BCUT2D eigenvalue weighted by Crippen LogP contribution is 2.27. The van der Waals surface area contributed by atoms with Crippen LogP contribution in [0.4, 0.5) is 5.69 Å². The first-order valence-corrected chi connectivity index (χ1v) is 6.49. The fourth-order valence-corrected chi connectivity index (χ4v) is 2.24. The van der Waals surface area contributed by atoms with Crippen molar-refractivity contribution >= 4 is 17.6 Å². The molecule has 0 saturated carbocycles. The third kappa shape index (κ3) is 3.20. The number of hydrogen-bond acceptors (Lipinski definition) is 5. The Labute approximate surface area is 117 Å². The zero-order valence-corrected chi connectivity index (χ0v) is 11.4. The van der Waals surface area contributed by atoms with Crippen LogP contribution in [-0.4, -0.2) is 55.2 Å². The predicted molar refractivity (Wildman–Crippen MR) is 73.5 cm³/mol. The van der Waals surface area contributed by atoms with Crippen molar-refractivity contribution in [2.24, 2.45) is 0 Å². The molecule has 0 radical (unpaired) electrons. The van der Waals surface area contributed by atoms with E-state index in [0.717, 1.165) is 5.69 Å². The number of phenolic OH excluding ortho intramolecular Hbond substituents is 1. The molecule has 1 amide bonds. The summed E-state index contributed by atoms with van der Waals surface area (Å²) in [6.45, 7) is 2.32. The molecule has 0 atom stereocenters. The Morgan fingerprint density at radius 2 is 1.85 bits per heavy atom. The summed E-state index contributed by atoms with van der Waals surface area (Å²) in [5, 5.41) is 9.81. The van der Waals surface area contributed by atoms with E-state index in [1.807, 2.05) is 17.0 Å². The van der Waals surface area contributed by atoms with Crippen LogP contribution in [0.2, 0.25) is 0 Å². The summed E-state index contributed by atoms with van der Waals surface area (Å²) in [5.74, 6) is -0.492. The number of phenols is 1. The van der Waals surface area contributed by atoms with Gasteiger partial charge in [-0.05, 0) is 12.1 Å². The number of hydrogen-bond donors (Lipinski definition) is 1. The molecule has 0 bridgehead atoms. The van der Waals surface area contributed by atoms with Crippen molar-refractivity contribution < 1.29 is 19.4 Å². The van der Waals surface area contributed by atoms with Crippen LogP contribution >= 0.6 is 0 Å². The maximum Gasteiger partial charge on any atom is 0.315 e. The number of para-hydroxylation sites is 2. The van der Waals surface area contributed by atoms with Gasteiger partial charge in [0.2, 0.25) is 5.91 Å². The minimum Gasteiger partial charge on any atom is -0.506 e. The number of rotatable bonds is 3. The number of nitrogens with zero attached hydrogens (tertiary/aromatic N) is 2. The molecule has 0 unspecified atom stereocenters. The fraction of sp³-hybridized carbons (Fsp3) is 0.429. The Morgan fingerprint density at radius 1 is 1.20 bits per heavy atom. The van der Waals surface area contributed by atoms with Gasteiger partial charge in [-0.2, -0.15) is 0 Å². The van der Waals surface area contributed by atoms with Gasteiger partial charge >= 0.3 is 5.97 Å². The van der Waals surface area contributed by atoms with E-state index in [9.17, 15) is 14.7 Å². The highest BCUT2D eigenvalue weighted by Gasteiger charge is 2.23. The van der Waals surface area contributed by atoms with Crippen molar-refractivity contribution in [2.75, 3.05) is 38.2 Å². The quantitative estimate of drug-likeness (QED) is 0.648. The van der Waals surface area contributed by atoms with E-state index in [2.05, 4.69) is 4.74 Å². The molecular formula is C14H18N2O4. The van der Waals surface area contributed by atoms with E-state index in [0.29, 0.717) is 26.2 Å². The Balaban J connectivity index is 1.91. The number of anilines is 1. The number of amides is 1. The zero-order chi connectivity index (χ0) is 14.5. The third-order valence-electron chi connectivity index (χ3n) is 3.38. The number of esters is 1. The van der Waals surface area contributed by atoms with Gasteiger partial charge in [-0.25, -0.2) is 0 Å². The topological polar surface area (TPSA) is 70.1 Å². The number of carbonyl (C=O) groups is 2. The highest BCUT2D eigenvalue weighted by molar-refractivity contribution is 5.94. The van der Waals surface area contributed by atoms with Crippen LogP contribution in [0.25, 0.3) is 0 Å². The molecule has 6 heteroatoms. The molecule has 0 aliphatic carbocycles. The van der Waals surface area contributed by atoms with E-state index < -0.39 is 5.97 Å². The zero-order valence-electron chi connectivity index (χ0n) is 11.4. The monoisotopic (exact) mass is 278 g/mol.